The van der Waals surface area contributed by atoms with Gasteiger partial charge < -0.3 is 9.47 Å². The Morgan fingerprint density at radius 3 is 2.29 bits per heavy atom. The highest BCUT2D eigenvalue weighted by Gasteiger charge is 2.10. The topological polar surface area (TPSA) is 59.3 Å². The Morgan fingerprint density at radius 1 is 1.05 bits per heavy atom. The first-order valence-electron chi connectivity index (χ1n) is 6.27. The van der Waals surface area contributed by atoms with Gasteiger partial charge >= 0.3 is 0 Å². The van der Waals surface area contributed by atoms with E-state index in [0.29, 0.717) is 27.7 Å². The zero-order chi connectivity index (χ0) is 15.2. The number of ether oxygens (including phenoxy) is 2. The maximum absolute atomic E-state index is 12.4. The van der Waals surface area contributed by atoms with Crippen molar-refractivity contribution in [1.82, 2.24) is 0 Å². The summed E-state index contributed by atoms with van der Waals surface area (Å²) in [6.45, 7) is 0. The molecule has 0 spiro atoms. The summed E-state index contributed by atoms with van der Waals surface area (Å²) >= 11 is 0. The van der Waals surface area contributed by atoms with Gasteiger partial charge in [-0.25, -0.2) is 0 Å². The fourth-order valence-electron chi connectivity index (χ4n) is 1.87. The van der Waals surface area contributed by atoms with Crippen molar-refractivity contribution in [2.24, 2.45) is 0 Å². The largest absolute Gasteiger partial charge is 0.493 e. The van der Waals surface area contributed by atoms with Crippen molar-refractivity contribution in [1.29, 1.82) is 5.26 Å². The van der Waals surface area contributed by atoms with Crippen molar-refractivity contribution in [2.45, 2.75) is 10.6 Å². The minimum atomic E-state index is -1.18. The molecule has 0 unspecified atom stereocenters. The molecule has 0 fully saturated rings. The van der Waals surface area contributed by atoms with Gasteiger partial charge in [-0.1, -0.05) is 12.1 Å². The molecule has 0 bridgehead atoms. The van der Waals surface area contributed by atoms with Crippen molar-refractivity contribution in [3.05, 3.63) is 53.6 Å². The van der Waals surface area contributed by atoms with E-state index in [1.54, 1.807) is 44.6 Å². The predicted molar refractivity (Wildman–Crippen MR) is 80.8 cm³/mol. The lowest BCUT2D eigenvalue weighted by Crippen LogP contribution is -1.98. The molecule has 0 aromatic heterocycles. The Kier molecular flexibility index (Phi) is 4.96. The van der Waals surface area contributed by atoms with Crippen LogP contribution in [0.2, 0.25) is 0 Å². The van der Waals surface area contributed by atoms with Gasteiger partial charge in [-0.3, -0.25) is 4.21 Å². The summed E-state index contributed by atoms with van der Waals surface area (Å²) in [6.07, 6.45) is 0. The average Bonchev–Trinajstić information content (AvgIpc) is 2.54. The van der Waals surface area contributed by atoms with E-state index in [9.17, 15) is 4.21 Å². The lowest BCUT2D eigenvalue weighted by atomic mass is 10.2. The maximum atomic E-state index is 12.4. The summed E-state index contributed by atoms with van der Waals surface area (Å²) in [5.41, 5.74) is 1.51. The van der Waals surface area contributed by atoms with E-state index in [2.05, 4.69) is 6.07 Å². The number of hydrogen-bond donors (Lipinski definition) is 0. The number of methoxy groups -OCH3 is 2. The smallest absolute Gasteiger partial charge is 0.161 e. The van der Waals surface area contributed by atoms with Crippen LogP contribution in [0.15, 0.2) is 47.4 Å². The summed E-state index contributed by atoms with van der Waals surface area (Å²) in [5.74, 6) is 1.56. The second kappa shape index (κ2) is 6.91. The monoisotopic (exact) mass is 301 g/mol. The quantitative estimate of drug-likeness (QED) is 0.852. The van der Waals surface area contributed by atoms with Gasteiger partial charge in [0.25, 0.3) is 0 Å². The van der Waals surface area contributed by atoms with E-state index in [1.165, 1.54) is 0 Å². The van der Waals surface area contributed by atoms with Gasteiger partial charge in [0.15, 0.2) is 11.5 Å². The highest BCUT2D eigenvalue weighted by molar-refractivity contribution is 7.84. The van der Waals surface area contributed by atoms with Gasteiger partial charge in [0.05, 0.1) is 42.4 Å². The average molecular weight is 301 g/mol. The SMILES string of the molecule is COc1ccc([S@@](=O)Cc2ccc(C#N)cc2)cc1OC. The van der Waals surface area contributed by atoms with Crippen LogP contribution in [0.25, 0.3) is 0 Å². The maximum Gasteiger partial charge on any atom is 0.161 e. The van der Waals surface area contributed by atoms with Crippen LogP contribution in [0, 0.1) is 11.3 Å². The zero-order valence-electron chi connectivity index (χ0n) is 11.8. The van der Waals surface area contributed by atoms with Crippen molar-refractivity contribution in [2.75, 3.05) is 14.2 Å². The van der Waals surface area contributed by atoms with Crippen molar-refractivity contribution < 1.29 is 13.7 Å². The molecular formula is C16H15NO3S. The standard InChI is InChI=1S/C16H15NO3S/c1-19-15-8-7-14(9-16(15)20-2)21(18)11-13-5-3-12(10-17)4-6-13/h3-9H,11H2,1-2H3/t21-/m0/s1. The first-order chi connectivity index (χ1) is 10.2. The number of rotatable bonds is 5. The minimum absolute atomic E-state index is 0.390. The molecule has 0 radical (unpaired) electrons. The van der Waals surface area contributed by atoms with E-state index < -0.39 is 10.8 Å². The first kappa shape index (κ1) is 15.1. The van der Waals surface area contributed by atoms with E-state index in [4.69, 9.17) is 14.7 Å². The molecule has 1 atom stereocenters. The van der Waals surface area contributed by atoms with Crippen molar-refractivity contribution in [3.8, 4) is 17.6 Å². The second-order valence-electron chi connectivity index (χ2n) is 4.32. The molecule has 0 aliphatic heterocycles. The third-order valence-corrected chi connectivity index (χ3v) is 4.37. The predicted octanol–water partition coefficient (Wildman–Crippen LogP) is 2.88. The number of hydrogen-bond acceptors (Lipinski definition) is 4. The Labute approximate surface area is 126 Å². The normalized spacial score (nSPS) is 11.5. The lowest BCUT2D eigenvalue weighted by molar-refractivity contribution is 0.354. The molecular weight excluding hydrogens is 286 g/mol. The van der Waals surface area contributed by atoms with E-state index in [1.807, 2.05) is 12.1 Å². The molecule has 0 aliphatic rings. The van der Waals surface area contributed by atoms with Crippen LogP contribution >= 0.6 is 0 Å². The molecule has 2 aromatic carbocycles. The van der Waals surface area contributed by atoms with Crippen LogP contribution in [-0.2, 0) is 16.6 Å². The van der Waals surface area contributed by atoms with E-state index in [-0.39, 0.29) is 0 Å². The number of nitrogens with zero attached hydrogens (tertiary/aromatic N) is 1. The third-order valence-electron chi connectivity index (χ3n) is 3.00. The fraction of sp³-hybridized carbons (Fsp3) is 0.188. The highest BCUT2D eigenvalue weighted by atomic mass is 32.2. The lowest BCUT2D eigenvalue weighted by Gasteiger charge is -2.09. The van der Waals surface area contributed by atoms with Crippen molar-refractivity contribution >= 4 is 10.8 Å². The Hall–Kier alpha value is -2.32. The van der Waals surface area contributed by atoms with E-state index in [0.717, 1.165) is 5.56 Å². The molecule has 2 rings (SSSR count). The Balaban J connectivity index is 2.18. The van der Waals surface area contributed by atoms with Crippen LogP contribution in [0.3, 0.4) is 0 Å². The van der Waals surface area contributed by atoms with Crippen LogP contribution in [0.5, 0.6) is 11.5 Å². The zero-order valence-corrected chi connectivity index (χ0v) is 12.6. The molecule has 2 aromatic rings. The fourth-order valence-corrected chi connectivity index (χ4v) is 2.99. The summed E-state index contributed by atoms with van der Waals surface area (Å²) in [5, 5.41) is 8.76. The van der Waals surface area contributed by atoms with Gasteiger partial charge in [-0.2, -0.15) is 5.26 Å². The van der Waals surface area contributed by atoms with Gasteiger partial charge in [0.1, 0.15) is 0 Å². The summed E-state index contributed by atoms with van der Waals surface area (Å²) in [4.78, 5) is 0.678. The molecule has 0 saturated carbocycles. The molecule has 0 aliphatic carbocycles. The second-order valence-corrected chi connectivity index (χ2v) is 5.77. The van der Waals surface area contributed by atoms with Crippen LogP contribution < -0.4 is 9.47 Å². The minimum Gasteiger partial charge on any atom is -0.493 e. The van der Waals surface area contributed by atoms with Crippen molar-refractivity contribution in [3.63, 3.8) is 0 Å². The molecule has 0 saturated heterocycles. The summed E-state index contributed by atoms with van der Waals surface area (Å²) in [6, 6.07) is 14.4. The number of benzene rings is 2. The van der Waals surface area contributed by atoms with E-state index >= 15 is 0 Å². The molecule has 21 heavy (non-hydrogen) atoms. The summed E-state index contributed by atoms with van der Waals surface area (Å²) in [7, 11) is 1.92. The summed E-state index contributed by atoms with van der Waals surface area (Å²) < 4.78 is 22.8. The molecule has 4 nitrogen and oxygen atoms in total. The van der Waals surface area contributed by atoms with Crippen LogP contribution in [-0.4, -0.2) is 18.4 Å². The molecule has 0 N–H and O–H groups in total. The van der Waals surface area contributed by atoms with Crippen LogP contribution in [0.1, 0.15) is 11.1 Å². The Morgan fingerprint density at radius 2 is 1.71 bits per heavy atom. The van der Waals surface area contributed by atoms with Gasteiger partial charge in [0.2, 0.25) is 0 Å². The van der Waals surface area contributed by atoms with Gasteiger partial charge in [-0.05, 0) is 29.8 Å². The number of nitriles is 1. The Bertz CT molecular complexity index is 690. The first-order valence-corrected chi connectivity index (χ1v) is 7.59. The van der Waals surface area contributed by atoms with Crippen LogP contribution in [0.4, 0.5) is 0 Å². The van der Waals surface area contributed by atoms with Gasteiger partial charge in [0, 0.05) is 11.0 Å². The highest BCUT2D eigenvalue weighted by Crippen LogP contribution is 2.29. The third kappa shape index (κ3) is 3.61. The molecule has 0 amide bonds. The molecule has 5 heteroatoms. The molecule has 0 heterocycles. The molecule has 108 valence electrons. The van der Waals surface area contributed by atoms with Gasteiger partial charge in [-0.15, -0.1) is 0 Å².